The van der Waals surface area contributed by atoms with Gasteiger partial charge in [-0.1, -0.05) is 39.8 Å². The predicted molar refractivity (Wildman–Crippen MR) is 241 cm³/mol. The van der Waals surface area contributed by atoms with Crippen LogP contribution < -0.4 is 11.2 Å². The average molecular weight is 885 g/mol. The molecule has 0 spiro atoms. The molecule has 4 N–H and O–H groups in total. The SMILES string of the molecule is CCc1c2c(nc3ccc(O)cc13)-c1cc3c(c(=O)n1C2)COC(=O)[C@@]3(CC)OC(=O)N(C)CCN1CCN(Cc2ccc(-n3c(-c4cc(C(C)C)c(O)cc4O)n[nH]c3=O)cc2)CC1. The maximum Gasteiger partial charge on any atom is 0.411 e. The molecule has 17 heteroatoms. The second kappa shape index (κ2) is 16.9. The molecule has 3 aliphatic rings. The third-order valence-electron chi connectivity index (χ3n) is 13.2. The topological polar surface area (TPSA) is 209 Å². The van der Waals surface area contributed by atoms with Crippen LogP contribution in [0.2, 0.25) is 0 Å². The lowest BCUT2D eigenvalue weighted by atomic mass is 9.85. The van der Waals surface area contributed by atoms with Gasteiger partial charge < -0.3 is 34.3 Å². The summed E-state index contributed by atoms with van der Waals surface area (Å²) in [6, 6.07) is 17.3. The second-order valence-electron chi connectivity index (χ2n) is 17.4. The second-order valence-corrected chi connectivity index (χ2v) is 17.4. The van der Waals surface area contributed by atoms with Crippen molar-refractivity contribution in [3.63, 3.8) is 0 Å². The molecule has 1 atom stereocenters. The van der Waals surface area contributed by atoms with E-state index in [1.807, 2.05) is 45.0 Å². The number of hydrogen-bond acceptors (Lipinski definition) is 13. The summed E-state index contributed by atoms with van der Waals surface area (Å²) >= 11 is 0. The first-order valence-electron chi connectivity index (χ1n) is 22.0. The molecule has 0 saturated carbocycles. The van der Waals surface area contributed by atoms with E-state index in [4.69, 9.17) is 14.5 Å². The number of aryl methyl sites for hydroxylation is 1. The van der Waals surface area contributed by atoms with Crippen molar-refractivity contribution in [2.75, 3.05) is 46.3 Å². The van der Waals surface area contributed by atoms with Crippen molar-refractivity contribution in [1.29, 1.82) is 0 Å². The molecule has 0 unspecified atom stereocenters. The van der Waals surface area contributed by atoms with E-state index in [9.17, 15) is 34.5 Å². The molecule has 0 aliphatic carbocycles. The molecule has 3 aromatic heterocycles. The highest BCUT2D eigenvalue weighted by Crippen LogP contribution is 2.43. The summed E-state index contributed by atoms with van der Waals surface area (Å²) in [6.07, 6.45) is -0.00194. The van der Waals surface area contributed by atoms with Gasteiger partial charge in [0.15, 0.2) is 5.82 Å². The number of hydrogen-bond donors (Lipinski definition) is 4. The van der Waals surface area contributed by atoms with E-state index in [2.05, 4.69) is 20.0 Å². The first-order valence-corrected chi connectivity index (χ1v) is 22.0. The summed E-state index contributed by atoms with van der Waals surface area (Å²) in [5.41, 5.74) is 4.23. The van der Waals surface area contributed by atoms with Crippen molar-refractivity contribution < 1.29 is 34.4 Å². The van der Waals surface area contributed by atoms with Gasteiger partial charge in [0, 0.05) is 75.4 Å². The molecule has 1 amide bonds. The Balaban J connectivity index is 0.835. The maximum atomic E-state index is 14.1. The highest BCUT2D eigenvalue weighted by Gasteiger charge is 2.51. The van der Waals surface area contributed by atoms with E-state index in [0.717, 1.165) is 48.3 Å². The molecule has 0 radical (unpaired) electrons. The molecule has 6 aromatic rings. The van der Waals surface area contributed by atoms with Gasteiger partial charge in [0.2, 0.25) is 5.60 Å². The number of likely N-dealkylation sites (N-methyl/N-ethyl adjacent to an activating group) is 1. The lowest BCUT2D eigenvalue weighted by Crippen LogP contribution is -2.50. The van der Waals surface area contributed by atoms with Crippen molar-refractivity contribution in [2.24, 2.45) is 0 Å². The monoisotopic (exact) mass is 884 g/mol. The number of phenols is 3. The van der Waals surface area contributed by atoms with Crippen LogP contribution in [0.4, 0.5) is 4.79 Å². The number of nitrogens with zero attached hydrogens (tertiary/aromatic N) is 7. The number of carbonyl (C=O) groups is 2. The zero-order valence-electron chi connectivity index (χ0n) is 37.1. The van der Waals surface area contributed by atoms with E-state index in [1.54, 1.807) is 48.9 Å². The molecule has 3 aromatic carbocycles. The minimum Gasteiger partial charge on any atom is -0.508 e. The van der Waals surface area contributed by atoms with Crippen molar-refractivity contribution in [3.05, 3.63) is 115 Å². The number of piperazine rings is 1. The van der Waals surface area contributed by atoms with E-state index >= 15 is 0 Å². The van der Waals surface area contributed by atoms with Crippen molar-refractivity contribution in [1.82, 2.24) is 39.0 Å². The number of fused-ring (bicyclic) bond motifs is 5. The van der Waals surface area contributed by atoms with Gasteiger partial charge in [-0.15, -0.1) is 0 Å². The lowest BCUT2D eigenvalue weighted by Gasteiger charge is -2.37. The number of aromatic amines is 1. The summed E-state index contributed by atoms with van der Waals surface area (Å²) in [6.45, 7) is 12.4. The molecular weight excluding hydrogens is 833 g/mol. The van der Waals surface area contributed by atoms with E-state index in [-0.39, 0.29) is 59.7 Å². The van der Waals surface area contributed by atoms with Gasteiger partial charge in [0.05, 0.1) is 40.3 Å². The fourth-order valence-corrected chi connectivity index (χ4v) is 9.45. The fourth-order valence-electron chi connectivity index (χ4n) is 9.45. The Kier molecular flexibility index (Phi) is 11.2. The minimum atomic E-state index is -1.83. The number of phenolic OH excluding ortho intramolecular Hbond substituents is 3. The maximum absolute atomic E-state index is 14.1. The standard InChI is InChI=1S/C48H52N8O9/c1-6-31-33-20-30(57)12-13-38(33)49-42-35(31)25-55-39(42)22-37-36(44(55)60)26-64-45(61)48(37,7-2)65-47(63)52(5)14-15-53-16-18-54(19-17-53)24-28-8-10-29(11-9-28)56-43(50-51-46(56)62)34-21-32(27(3)4)40(58)23-41(34)59/h8-13,20-23,27,57-59H,6-7,14-19,24-26H2,1-5H3,(H,51,62)/t48-/m0/s1. The van der Waals surface area contributed by atoms with Gasteiger partial charge >= 0.3 is 17.8 Å². The number of aromatic hydroxyl groups is 3. The molecule has 65 heavy (non-hydrogen) atoms. The first-order chi connectivity index (χ1) is 31.2. The van der Waals surface area contributed by atoms with Crippen LogP contribution in [0.15, 0.2) is 70.3 Å². The summed E-state index contributed by atoms with van der Waals surface area (Å²) in [5, 5.41) is 38.7. The average Bonchev–Trinajstić information content (AvgIpc) is 3.86. The first kappa shape index (κ1) is 43.3. The fraction of sp³-hybridized carbons (Fsp3) is 0.375. The number of amides is 1. The molecule has 338 valence electrons. The third kappa shape index (κ3) is 7.57. The van der Waals surface area contributed by atoms with E-state index in [0.29, 0.717) is 65.3 Å². The van der Waals surface area contributed by atoms with Gasteiger partial charge in [0.1, 0.15) is 23.9 Å². The van der Waals surface area contributed by atoms with Gasteiger partial charge in [-0.25, -0.2) is 29.0 Å². The zero-order valence-corrected chi connectivity index (χ0v) is 37.1. The molecular formula is C48H52N8O9. The Morgan fingerprint density at radius 2 is 1.68 bits per heavy atom. The summed E-state index contributed by atoms with van der Waals surface area (Å²) in [5.74, 6) is -0.597. The molecule has 17 nitrogen and oxygen atoms in total. The van der Waals surface area contributed by atoms with Crippen molar-refractivity contribution in [2.45, 2.75) is 71.8 Å². The minimum absolute atomic E-state index is 0.0194. The van der Waals surface area contributed by atoms with Gasteiger partial charge in [0.25, 0.3) is 5.56 Å². The Morgan fingerprint density at radius 3 is 2.38 bits per heavy atom. The number of rotatable bonds is 11. The third-order valence-corrected chi connectivity index (χ3v) is 13.2. The van der Waals surface area contributed by atoms with Gasteiger partial charge in [-0.3, -0.25) is 14.6 Å². The number of ether oxygens (including phenoxy) is 2. The Bertz CT molecular complexity index is 2980. The van der Waals surface area contributed by atoms with Crippen LogP contribution in [0.5, 0.6) is 17.2 Å². The molecule has 6 heterocycles. The molecule has 3 aliphatic heterocycles. The van der Waals surface area contributed by atoms with Crippen LogP contribution >= 0.6 is 0 Å². The number of carbonyl (C=O) groups excluding carboxylic acids is 2. The van der Waals surface area contributed by atoms with Gasteiger partial charge in [-0.05, 0) is 77.9 Å². The quantitative estimate of drug-likeness (QED) is 0.122. The Hall–Kier alpha value is -6.98. The van der Waals surface area contributed by atoms with Crippen LogP contribution in [-0.2, 0) is 46.0 Å². The zero-order chi connectivity index (χ0) is 45.9. The number of esters is 1. The number of H-pyrrole nitrogens is 1. The lowest BCUT2D eigenvalue weighted by molar-refractivity contribution is -0.173. The number of pyridine rings is 2. The highest BCUT2D eigenvalue weighted by molar-refractivity contribution is 5.90. The Morgan fingerprint density at radius 1 is 0.938 bits per heavy atom. The summed E-state index contributed by atoms with van der Waals surface area (Å²) < 4.78 is 14.7. The predicted octanol–water partition coefficient (Wildman–Crippen LogP) is 5.32. The smallest absolute Gasteiger partial charge is 0.411 e. The van der Waals surface area contributed by atoms with Crippen LogP contribution in [0, 0.1) is 0 Å². The van der Waals surface area contributed by atoms with Crippen LogP contribution in [0.1, 0.15) is 73.4 Å². The van der Waals surface area contributed by atoms with E-state index in [1.165, 1.54) is 15.5 Å². The van der Waals surface area contributed by atoms with Crippen LogP contribution in [-0.4, -0.2) is 113 Å². The molecule has 1 saturated heterocycles. The normalized spacial score (nSPS) is 17.2. The van der Waals surface area contributed by atoms with Crippen LogP contribution in [0.25, 0.3) is 39.4 Å². The van der Waals surface area contributed by atoms with E-state index < -0.39 is 23.4 Å². The molecule has 1 fully saturated rings. The molecule has 0 bridgehead atoms. The molecule has 9 rings (SSSR count). The number of benzene rings is 3. The van der Waals surface area contributed by atoms with Gasteiger partial charge in [-0.2, -0.15) is 5.10 Å². The summed E-state index contributed by atoms with van der Waals surface area (Å²) in [7, 11) is 1.63. The van der Waals surface area contributed by atoms with Crippen molar-refractivity contribution in [3.8, 4) is 45.7 Å². The van der Waals surface area contributed by atoms with Crippen LogP contribution in [0.3, 0.4) is 0 Å². The Labute approximate surface area is 374 Å². The largest absolute Gasteiger partial charge is 0.508 e. The number of aromatic nitrogens is 5. The number of nitrogens with one attached hydrogen (secondary N) is 1. The summed E-state index contributed by atoms with van der Waals surface area (Å²) in [4.78, 5) is 65.5. The highest BCUT2D eigenvalue weighted by atomic mass is 16.6. The van der Waals surface area contributed by atoms with Crippen molar-refractivity contribution >= 4 is 23.0 Å². The number of cyclic esters (lactones) is 1.